The lowest BCUT2D eigenvalue weighted by Crippen LogP contribution is -2.52. The standard InChI is InChI=1S/C19H18F4N6O3/c20-11-1-3-12(4-2-11)27-16-13(15(25)30)9-29(28-16)14-5-6-18(26,7-10(14)8-24)32-17(31)19(21,22)23/h1-4,9-10,14H,5-7,26H2,(H2,25,30)(H,27,28). The van der Waals surface area contributed by atoms with E-state index in [0.29, 0.717) is 5.69 Å². The van der Waals surface area contributed by atoms with Crippen molar-refractivity contribution in [3.63, 3.8) is 0 Å². The first-order valence-electron chi connectivity index (χ1n) is 9.32. The van der Waals surface area contributed by atoms with Gasteiger partial charge in [0.05, 0.1) is 18.0 Å². The number of carbonyl (C=O) groups excluding carboxylic acids is 2. The summed E-state index contributed by atoms with van der Waals surface area (Å²) in [5.74, 6) is -4.65. The van der Waals surface area contributed by atoms with Crippen LogP contribution in [0, 0.1) is 23.1 Å². The number of nitrogens with one attached hydrogen (secondary N) is 1. The predicted molar refractivity (Wildman–Crippen MR) is 101 cm³/mol. The molecule has 0 aliphatic heterocycles. The summed E-state index contributed by atoms with van der Waals surface area (Å²) in [6.07, 6.45) is -4.43. The van der Waals surface area contributed by atoms with Crippen molar-refractivity contribution in [2.24, 2.45) is 17.4 Å². The minimum absolute atomic E-state index is 0.0147. The van der Waals surface area contributed by atoms with Crippen molar-refractivity contribution in [2.75, 3.05) is 5.32 Å². The molecule has 3 atom stereocenters. The van der Waals surface area contributed by atoms with Crippen LogP contribution in [0.15, 0.2) is 30.5 Å². The second-order valence-electron chi connectivity index (χ2n) is 7.37. The largest absolute Gasteiger partial charge is 0.490 e. The van der Waals surface area contributed by atoms with E-state index >= 15 is 0 Å². The SMILES string of the molecule is N#CC1CC(N)(OC(=O)C(F)(F)F)CCC1n1cc(C(N)=O)c(Nc2ccc(F)cc2)n1. The highest BCUT2D eigenvalue weighted by atomic mass is 19.4. The van der Waals surface area contributed by atoms with E-state index in [1.807, 2.05) is 6.07 Å². The predicted octanol–water partition coefficient (Wildman–Crippen LogP) is 2.49. The van der Waals surface area contributed by atoms with E-state index in [9.17, 15) is 32.4 Å². The van der Waals surface area contributed by atoms with Gasteiger partial charge in [0.2, 0.25) is 0 Å². The average Bonchev–Trinajstić information content (AvgIpc) is 3.12. The highest BCUT2D eigenvalue weighted by Gasteiger charge is 2.49. The number of rotatable bonds is 5. The first-order chi connectivity index (χ1) is 14.9. The van der Waals surface area contributed by atoms with Crippen LogP contribution < -0.4 is 16.8 Å². The fourth-order valence-corrected chi connectivity index (χ4v) is 3.49. The Morgan fingerprint density at radius 2 is 1.97 bits per heavy atom. The summed E-state index contributed by atoms with van der Waals surface area (Å²) in [7, 11) is 0. The van der Waals surface area contributed by atoms with Gasteiger partial charge in [-0.05, 0) is 30.7 Å². The molecule has 1 fully saturated rings. The van der Waals surface area contributed by atoms with E-state index in [-0.39, 0.29) is 30.6 Å². The van der Waals surface area contributed by atoms with Gasteiger partial charge in [-0.2, -0.15) is 23.5 Å². The Morgan fingerprint density at radius 1 is 1.31 bits per heavy atom. The third kappa shape index (κ3) is 4.97. The smallest absolute Gasteiger partial charge is 0.437 e. The first kappa shape index (κ1) is 23.0. The first-order valence-corrected chi connectivity index (χ1v) is 9.32. The topological polar surface area (TPSA) is 149 Å². The summed E-state index contributed by atoms with van der Waals surface area (Å²) in [5.41, 5.74) is 9.65. The monoisotopic (exact) mass is 454 g/mol. The number of nitriles is 1. The Hall–Kier alpha value is -3.66. The molecule has 1 aromatic carbocycles. The maximum Gasteiger partial charge on any atom is 0.490 e. The molecule has 0 saturated heterocycles. The minimum Gasteiger partial charge on any atom is -0.437 e. The lowest BCUT2D eigenvalue weighted by Gasteiger charge is -2.39. The quantitative estimate of drug-likeness (QED) is 0.357. The number of aromatic nitrogens is 2. The van der Waals surface area contributed by atoms with Crippen LogP contribution in [0.1, 0.15) is 35.7 Å². The highest BCUT2D eigenvalue weighted by molar-refractivity contribution is 5.98. The van der Waals surface area contributed by atoms with Crippen molar-refractivity contribution in [1.82, 2.24) is 9.78 Å². The van der Waals surface area contributed by atoms with Crippen molar-refractivity contribution in [1.29, 1.82) is 5.26 Å². The molecular weight excluding hydrogens is 436 g/mol. The molecule has 2 aromatic rings. The van der Waals surface area contributed by atoms with Crippen LogP contribution in [-0.4, -0.2) is 33.6 Å². The maximum absolute atomic E-state index is 13.1. The van der Waals surface area contributed by atoms with E-state index in [2.05, 4.69) is 15.2 Å². The number of halogens is 4. The normalized spacial score (nSPS) is 23.2. The summed E-state index contributed by atoms with van der Waals surface area (Å²) in [5, 5.41) is 16.6. The number of carbonyl (C=O) groups is 2. The number of amides is 1. The van der Waals surface area contributed by atoms with E-state index < -0.39 is 41.6 Å². The van der Waals surface area contributed by atoms with Crippen LogP contribution >= 0.6 is 0 Å². The third-order valence-corrected chi connectivity index (χ3v) is 5.03. The van der Waals surface area contributed by atoms with Gasteiger partial charge in [0.25, 0.3) is 5.91 Å². The molecule has 1 amide bonds. The number of hydrogen-bond acceptors (Lipinski definition) is 7. The Balaban J connectivity index is 1.83. The molecule has 0 spiro atoms. The molecule has 32 heavy (non-hydrogen) atoms. The second kappa shape index (κ2) is 8.46. The maximum atomic E-state index is 13.1. The van der Waals surface area contributed by atoms with Crippen LogP contribution in [0.3, 0.4) is 0 Å². The Morgan fingerprint density at radius 3 is 2.53 bits per heavy atom. The molecule has 13 heteroatoms. The molecule has 1 aliphatic rings. The number of hydrogen-bond donors (Lipinski definition) is 3. The summed E-state index contributed by atoms with van der Waals surface area (Å²) in [6, 6.07) is 6.48. The molecule has 0 radical (unpaired) electrons. The van der Waals surface area contributed by atoms with Crippen molar-refractivity contribution >= 4 is 23.4 Å². The Bertz CT molecular complexity index is 1060. The zero-order valence-electron chi connectivity index (χ0n) is 16.4. The van der Waals surface area contributed by atoms with Crippen molar-refractivity contribution in [3.05, 3.63) is 41.8 Å². The van der Waals surface area contributed by atoms with Crippen LogP contribution in [0.5, 0.6) is 0 Å². The summed E-state index contributed by atoms with van der Waals surface area (Å²) < 4.78 is 56.5. The van der Waals surface area contributed by atoms with E-state index in [4.69, 9.17) is 11.5 Å². The van der Waals surface area contributed by atoms with Crippen LogP contribution in [-0.2, 0) is 9.53 Å². The molecule has 5 N–H and O–H groups in total. The van der Waals surface area contributed by atoms with Crippen molar-refractivity contribution in [3.8, 4) is 6.07 Å². The zero-order chi connectivity index (χ0) is 23.7. The van der Waals surface area contributed by atoms with Gasteiger partial charge >= 0.3 is 12.1 Å². The average molecular weight is 454 g/mol. The Kier molecular flexibility index (Phi) is 6.09. The van der Waals surface area contributed by atoms with Crippen LogP contribution in [0.25, 0.3) is 0 Å². The fraction of sp³-hybridized carbons (Fsp3) is 0.368. The molecule has 9 nitrogen and oxygen atoms in total. The van der Waals surface area contributed by atoms with Crippen molar-refractivity contribution < 1.29 is 31.9 Å². The van der Waals surface area contributed by atoms with E-state index in [0.717, 1.165) is 0 Å². The molecule has 1 heterocycles. The third-order valence-electron chi connectivity index (χ3n) is 5.03. The summed E-state index contributed by atoms with van der Waals surface area (Å²) >= 11 is 0. The van der Waals surface area contributed by atoms with Gasteiger partial charge in [-0.1, -0.05) is 0 Å². The number of esters is 1. The van der Waals surface area contributed by atoms with Gasteiger partial charge in [-0.25, -0.2) is 9.18 Å². The second-order valence-corrected chi connectivity index (χ2v) is 7.37. The minimum atomic E-state index is -5.22. The lowest BCUT2D eigenvalue weighted by atomic mass is 9.80. The molecule has 170 valence electrons. The number of benzene rings is 1. The molecule has 1 saturated carbocycles. The fourth-order valence-electron chi connectivity index (χ4n) is 3.49. The van der Waals surface area contributed by atoms with Gasteiger partial charge in [0.15, 0.2) is 11.5 Å². The number of nitrogens with zero attached hydrogens (tertiary/aromatic N) is 3. The van der Waals surface area contributed by atoms with Gasteiger partial charge in [-0.3, -0.25) is 15.2 Å². The highest BCUT2D eigenvalue weighted by Crippen LogP contribution is 2.40. The van der Waals surface area contributed by atoms with E-state index in [1.165, 1.54) is 35.1 Å². The van der Waals surface area contributed by atoms with Gasteiger partial charge in [-0.15, -0.1) is 0 Å². The zero-order valence-corrected chi connectivity index (χ0v) is 16.4. The molecule has 3 rings (SSSR count). The molecule has 3 unspecified atom stereocenters. The number of primary amides is 1. The van der Waals surface area contributed by atoms with Crippen LogP contribution in [0.4, 0.5) is 29.1 Å². The van der Waals surface area contributed by atoms with Gasteiger partial charge in [0.1, 0.15) is 11.4 Å². The van der Waals surface area contributed by atoms with Crippen molar-refractivity contribution in [2.45, 2.75) is 37.2 Å². The summed E-state index contributed by atoms with van der Waals surface area (Å²) in [6.45, 7) is 0. The van der Waals surface area contributed by atoms with Gasteiger partial charge < -0.3 is 15.8 Å². The number of anilines is 2. The summed E-state index contributed by atoms with van der Waals surface area (Å²) in [4.78, 5) is 23.0. The molecule has 0 bridgehead atoms. The molecule has 1 aromatic heterocycles. The van der Waals surface area contributed by atoms with Gasteiger partial charge in [0, 0.05) is 24.7 Å². The molecular formula is C19H18F4N6O3. The number of alkyl halides is 3. The Labute approximate surface area is 178 Å². The van der Waals surface area contributed by atoms with E-state index in [1.54, 1.807) is 0 Å². The lowest BCUT2D eigenvalue weighted by molar-refractivity contribution is -0.217. The molecule has 1 aliphatic carbocycles. The van der Waals surface area contributed by atoms with Crippen LogP contribution in [0.2, 0.25) is 0 Å². The number of nitrogens with two attached hydrogens (primary N) is 2. The number of ether oxygens (including phenoxy) is 1.